The number of nitrogens with zero attached hydrogens (tertiary/aromatic N) is 2. The van der Waals surface area contributed by atoms with Crippen LogP contribution in [0.2, 0.25) is 0 Å². The highest BCUT2D eigenvalue weighted by Crippen LogP contribution is 2.28. The van der Waals surface area contributed by atoms with Gasteiger partial charge in [0.2, 0.25) is 5.88 Å². The van der Waals surface area contributed by atoms with Crippen molar-refractivity contribution < 1.29 is 9.47 Å². The number of nitrogens with one attached hydrogen (secondary N) is 3. The summed E-state index contributed by atoms with van der Waals surface area (Å²) in [5.41, 5.74) is 2.76. The molecule has 0 aliphatic rings. The molecule has 2 aromatic heterocycles. The Bertz CT molecular complexity index is 907. The largest absolute Gasteiger partial charge is 0.479 e. The van der Waals surface area contributed by atoms with Crippen LogP contribution in [0, 0.1) is 0 Å². The number of fused-ring (bicyclic) bond motifs is 1. The molecule has 3 N–H and O–H groups in total. The van der Waals surface area contributed by atoms with Crippen LogP contribution in [-0.2, 0) is 11.3 Å². The van der Waals surface area contributed by atoms with Crippen LogP contribution in [0.1, 0.15) is 31.1 Å². The van der Waals surface area contributed by atoms with Gasteiger partial charge in [0.05, 0.1) is 36.1 Å². The molecule has 0 amide bonds. The van der Waals surface area contributed by atoms with Gasteiger partial charge < -0.3 is 20.1 Å². The minimum atomic E-state index is 0.116. The van der Waals surface area contributed by atoms with Crippen molar-refractivity contribution in [3.8, 4) is 5.88 Å². The number of aromatic nitrogens is 3. The Morgan fingerprint density at radius 2 is 2.07 bits per heavy atom. The van der Waals surface area contributed by atoms with Crippen LogP contribution in [0.4, 0.5) is 5.82 Å². The smallest absolute Gasteiger partial charge is 0.242 e. The molecular weight excluding hydrogens is 342 g/mol. The van der Waals surface area contributed by atoms with E-state index in [1.807, 2.05) is 31.2 Å². The van der Waals surface area contributed by atoms with Gasteiger partial charge in [0.1, 0.15) is 5.82 Å². The molecule has 0 aliphatic heterocycles. The molecule has 1 atom stereocenters. The average molecular weight is 367 g/mol. The van der Waals surface area contributed by atoms with Crippen LogP contribution < -0.4 is 15.4 Å². The van der Waals surface area contributed by atoms with E-state index in [2.05, 4.69) is 51.5 Å². The highest BCUT2D eigenvalue weighted by Gasteiger charge is 2.15. The van der Waals surface area contributed by atoms with Gasteiger partial charge in [0.15, 0.2) is 0 Å². The lowest BCUT2D eigenvalue weighted by atomic mass is 10.1. The third-order valence-corrected chi connectivity index (χ3v) is 4.19. The number of anilines is 1. The van der Waals surface area contributed by atoms with Crippen molar-refractivity contribution in [2.24, 2.45) is 0 Å². The number of hydrogen-bond acceptors (Lipinski definition) is 6. The topological polar surface area (TPSA) is 84.1 Å². The summed E-state index contributed by atoms with van der Waals surface area (Å²) in [5, 5.41) is 14.5. The third kappa shape index (κ3) is 4.38. The van der Waals surface area contributed by atoms with Crippen LogP contribution in [0.25, 0.3) is 10.9 Å². The molecule has 0 fully saturated rings. The van der Waals surface area contributed by atoms with Crippen LogP contribution >= 0.6 is 0 Å². The summed E-state index contributed by atoms with van der Waals surface area (Å²) in [4.78, 5) is 4.66. The molecule has 0 saturated heterocycles. The van der Waals surface area contributed by atoms with E-state index in [4.69, 9.17) is 9.47 Å². The summed E-state index contributed by atoms with van der Waals surface area (Å²) < 4.78 is 10.9. The van der Waals surface area contributed by atoms with Crippen molar-refractivity contribution >= 4 is 16.7 Å². The first kappa shape index (κ1) is 18.7. The summed E-state index contributed by atoms with van der Waals surface area (Å²) in [5.74, 6) is 1.82. The second-order valence-corrected chi connectivity index (χ2v) is 6.13. The predicted molar refractivity (Wildman–Crippen MR) is 107 cm³/mol. The van der Waals surface area contributed by atoms with Crippen molar-refractivity contribution in [2.75, 3.05) is 19.0 Å². The zero-order chi connectivity index (χ0) is 19.2. The van der Waals surface area contributed by atoms with Gasteiger partial charge in [-0.05, 0) is 19.4 Å². The van der Waals surface area contributed by atoms with E-state index in [1.54, 1.807) is 7.11 Å². The number of methoxy groups -OCH3 is 1. The van der Waals surface area contributed by atoms with E-state index in [1.165, 1.54) is 5.56 Å². The van der Waals surface area contributed by atoms with E-state index in [0.717, 1.165) is 16.6 Å². The lowest BCUT2D eigenvalue weighted by Crippen LogP contribution is -2.22. The molecule has 7 heteroatoms. The maximum absolute atomic E-state index is 5.55. The van der Waals surface area contributed by atoms with E-state index < -0.39 is 0 Å². The van der Waals surface area contributed by atoms with E-state index in [9.17, 15) is 0 Å². The van der Waals surface area contributed by atoms with E-state index in [0.29, 0.717) is 30.7 Å². The zero-order valence-corrected chi connectivity index (χ0v) is 15.9. The van der Waals surface area contributed by atoms with Crippen molar-refractivity contribution in [1.29, 1.82) is 0 Å². The molecule has 3 rings (SSSR count). The molecule has 142 valence electrons. The number of rotatable bonds is 9. The molecule has 7 nitrogen and oxygen atoms in total. The predicted octanol–water partition coefficient (Wildman–Crippen LogP) is 3.74. The van der Waals surface area contributed by atoms with Gasteiger partial charge in [0, 0.05) is 18.7 Å². The highest BCUT2D eigenvalue weighted by atomic mass is 16.5. The molecule has 0 bridgehead atoms. The minimum absolute atomic E-state index is 0.116. The summed E-state index contributed by atoms with van der Waals surface area (Å²) >= 11 is 0. The van der Waals surface area contributed by atoms with Gasteiger partial charge in [-0.2, -0.15) is 0 Å². The van der Waals surface area contributed by atoms with Crippen molar-refractivity contribution in [2.45, 2.75) is 26.5 Å². The normalized spacial score (nSPS) is 12.0. The maximum Gasteiger partial charge on any atom is 0.242 e. The standard InChI is InChI=1S/C20H25N5O2/c1-5-27-12-17-19-16(24-25-20(19)26-4)11-18(23-17)22-14(3)21-13(2)15-9-7-6-8-10-15/h6-11,13,21H,3,5,12H2,1-2,4H3,(H,22,23)(H,24,25). The maximum atomic E-state index is 5.55. The lowest BCUT2D eigenvalue weighted by molar-refractivity contribution is 0.132. The van der Waals surface area contributed by atoms with Crippen LogP contribution in [0.15, 0.2) is 48.8 Å². The molecule has 1 aromatic carbocycles. The molecule has 0 radical (unpaired) electrons. The summed E-state index contributed by atoms with van der Waals surface area (Å²) in [6.07, 6.45) is 0. The van der Waals surface area contributed by atoms with Gasteiger partial charge in [-0.15, -0.1) is 5.10 Å². The first-order valence-electron chi connectivity index (χ1n) is 8.89. The molecular formula is C20H25N5O2. The second-order valence-electron chi connectivity index (χ2n) is 6.13. The van der Waals surface area contributed by atoms with Crippen LogP contribution in [0.3, 0.4) is 0 Å². The Morgan fingerprint density at radius 3 is 2.78 bits per heavy atom. The lowest BCUT2D eigenvalue weighted by Gasteiger charge is -2.19. The zero-order valence-electron chi connectivity index (χ0n) is 15.9. The Labute approximate surface area is 158 Å². The Balaban J connectivity index is 1.78. The number of pyridine rings is 1. The highest BCUT2D eigenvalue weighted by molar-refractivity contribution is 5.88. The average Bonchev–Trinajstić information content (AvgIpc) is 3.09. The van der Waals surface area contributed by atoms with Crippen molar-refractivity contribution in [3.63, 3.8) is 0 Å². The fraction of sp³-hybridized carbons (Fsp3) is 0.300. The quantitative estimate of drug-likeness (QED) is 0.534. The van der Waals surface area contributed by atoms with Gasteiger partial charge in [-0.3, -0.25) is 5.10 Å². The molecule has 1 unspecified atom stereocenters. The van der Waals surface area contributed by atoms with E-state index in [-0.39, 0.29) is 6.04 Å². The van der Waals surface area contributed by atoms with Crippen LogP contribution in [-0.4, -0.2) is 28.9 Å². The monoisotopic (exact) mass is 367 g/mol. The summed E-state index contributed by atoms with van der Waals surface area (Å²) in [6, 6.07) is 12.2. The molecule has 2 heterocycles. The summed E-state index contributed by atoms with van der Waals surface area (Å²) in [6.45, 7) is 9.07. The van der Waals surface area contributed by atoms with Crippen molar-refractivity contribution in [1.82, 2.24) is 20.5 Å². The molecule has 0 spiro atoms. The third-order valence-electron chi connectivity index (χ3n) is 4.19. The number of hydrogen-bond donors (Lipinski definition) is 3. The Morgan fingerprint density at radius 1 is 1.30 bits per heavy atom. The number of aromatic amines is 1. The van der Waals surface area contributed by atoms with E-state index >= 15 is 0 Å². The first-order chi connectivity index (χ1) is 13.1. The fourth-order valence-corrected chi connectivity index (χ4v) is 2.88. The second kappa shape index (κ2) is 8.55. The van der Waals surface area contributed by atoms with Gasteiger partial charge in [-0.1, -0.05) is 36.9 Å². The summed E-state index contributed by atoms with van der Waals surface area (Å²) in [7, 11) is 1.59. The van der Waals surface area contributed by atoms with Gasteiger partial charge in [-0.25, -0.2) is 4.98 Å². The first-order valence-corrected chi connectivity index (χ1v) is 8.89. The molecule has 0 aliphatic carbocycles. The molecule has 27 heavy (non-hydrogen) atoms. The molecule has 0 saturated carbocycles. The minimum Gasteiger partial charge on any atom is -0.479 e. The molecule has 3 aromatic rings. The SMILES string of the molecule is C=C(Nc1cc2[nH]nc(OC)c2c(COCC)n1)NC(C)c1ccccc1. The van der Waals surface area contributed by atoms with Gasteiger partial charge in [0.25, 0.3) is 0 Å². The number of benzene rings is 1. The fourth-order valence-electron chi connectivity index (χ4n) is 2.88. The number of H-pyrrole nitrogens is 1. The Kier molecular flexibility index (Phi) is 5.93. The van der Waals surface area contributed by atoms with Crippen LogP contribution in [0.5, 0.6) is 5.88 Å². The Hall–Kier alpha value is -3.06. The van der Waals surface area contributed by atoms with Crippen molar-refractivity contribution in [3.05, 3.63) is 60.1 Å². The van der Waals surface area contributed by atoms with Gasteiger partial charge >= 0.3 is 0 Å². The number of ether oxygens (including phenoxy) is 2.